The van der Waals surface area contributed by atoms with Gasteiger partial charge >= 0.3 is 0 Å². The standard InChI is InChI=1S/C19H15N3O3S/c1-25-18-15-8(23)4-9-19(18)5-10(26-9)21-14-12(19)16-11-7(2-3-22(15)16)6-20-13(11)17(14)24/h4,6,10,15,18,24H,2-3,5H2,1H3/p+1. The molecule has 5 unspecified atom stereocenters. The fourth-order valence-corrected chi connectivity index (χ4v) is 7.64. The highest BCUT2D eigenvalue weighted by atomic mass is 32.2. The van der Waals surface area contributed by atoms with Gasteiger partial charge < -0.3 is 9.84 Å². The quantitative estimate of drug-likeness (QED) is 0.650. The Balaban J connectivity index is 1.77. The second-order valence-electron chi connectivity index (χ2n) is 7.90. The first-order valence-corrected chi connectivity index (χ1v) is 9.89. The van der Waals surface area contributed by atoms with Crippen LogP contribution in [0.4, 0.5) is 11.4 Å². The van der Waals surface area contributed by atoms with Gasteiger partial charge in [-0.05, 0) is 18.1 Å². The lowest BCUT2D eigenvalue weighted by molar-refractivity contribution is -0.859. The summed E-state index contributed by atoms with van der Waals surface area (Å²) in [4.78, 5) is 24.7. The molecular formula is C19H16N3O3S+. The van der Waals surface area contributed by atoms with Crippen LogP contribution < -0.4 is 15.5 Å². The number of fused-ring (bicyclic) bond motifs is 3. The smallest absolute Gasteiger partial charge is 0.216 e. The third kappa shape index (κ3) is 1.23. The van der Waals surface area contributed by atoms with Crippen molar-refractivity contribution in [1.29, 1.82) is 0 Å². The van der Waals surface area contributed by atoms with Crippen LogP contribution in [0.3, 0.4) is 0 Å². The first-order valence-electron chi connectivity index (χ1n) is 9.01. The van der Waals surface area contributed by atoms with Gasteiger partial charge in [-0.15, -0.1) is 11.8 Å². The van der Waals surface area contributed by atoms with Gasteiger partial charge in [0.05, 0.1) is 22.7 Å². The first-order chi connectivity index (χ1) is 12.6. The Bertz CT molecular complexity index is 1150. The van der Waals surface area contributed by atoms with Crippen molar-refractivity contribution < 1.29 is 19.5 Å². The van der Waals surface area contributed by atoms with Crippen molar-refractivity contribution in [3.05, 3.63) is 27.1 Å². The zero-order chi connectivity index (χ0) is 17.4. The molecule has 1 aromatic rings. The predicted molar refractivity (Wildman–Crippen MR) is 95.9 cm³/mol. The van der Waals surface area contributed by atoms with Crippen LogP contribution in [-0.2, 0) is 14.9 Å². The summed E-state index contributed by atoms with van der Waals surface area (Å²) < 4.78 is 6.02. The van der Waals surface area contributed by atoms with Gasteiger partial charge in [0, 0.05) is 24.7 Å². The van der Waals surface area contributed by atoms with Crippen LogP contribution in [0.1, 0.15) is 18.4 Å². The minimum Gasteiger partial charge on any atom is -0.504 e. The molecule has 5 heterocycles. The monoisotopic (exact) mass is 366 g/mol. The van der Waals surface area contributed by atoms with Crippen molar-refractivity contribution in [1.82, 2.24) is 0 Å². The number of nitrogens with zero attached hydrogens (tertiary/aromatic N) is 2. The molecule has 26 heavy (non-hydrogen) atoms. The third-order valence-corrected chi connectivity index (χ3v) is 8.27. The summed E-state index contributed by atoms with van der Waals surface area (Å²) >= 11 is 1.66. The molecule has 0 saturated carbocycles. The molecule has 7 heteroatoms. The van der Waals surface area contributed by atoms with E-state index < -0.39 is 0 Å². The number of rotatable bonds is 1. The van der Waals surface area contributed by atoms with Gasteiger partial charge in [-0.25, -0.2) is 0 Å². The maximum absolute atomic E-state index is 13.1. The first kappa shape index (κ1) is 14.1. The lowest BCUT2D eigenvalue weighted by Gasteiger charge is -2.51. The molecule has 1 fully saturated rings. The second-order valence-corrected chi connectivity index (χ2v) is 9.12. The molecule has 0 amide bonds. The van der Waals surface area contributed by atoms with Crippen LogP contribution >= 0.6 is 11.8 Å². The van der Waals surface area contributed by atoms with E-state index in [1.807, 2.05) is 12.3 Å². The van der Waals surface area contributed by atoms with Gasteiger partial charge in [-0.3, -0.25) is 19.7 Å². The normalized spacial score (nSPS) is 39.2. The van der Waals surface area contributed by atoms with E-state index >= 15 is 0 Å². The van der Waals surface area contributed by atoms with E-state index in [1.165, 1.54) is 5.57 Å². The Morgan fingerprint density at radius 3 is 3.19 bits per heavy atom. The number of phenols is 1. The van der Waals surface area contributed by atoms with Crippen molar-refractivity contribution >= 4 is 40.7 Å². The number of hydrogen-bond donors (Lipinski definition) is 2. The van der Waals surface area contributed by atoms with Crippen LogP contribution in [0.5, 0.6) is 5.75 Å². The zero-order valence-corrected chi connectivity index (χ0v) is 14.9. The fraction of sp³-hybridized carbons (Fsp3) is 0.421. The number of benzene rings is 1. The Morgan fingerprint density at radius 2 is 2.35 bits per heavy atom. The second kappa shape index (κ2) is 4.13. The van der Waals surface area contributed by atoms with E-state index in [1.54, 1.807) is 18.9 Å². The van der Waals surface area contributed by atoms with E-state index in [2.05, 4.69) is 4.99 Å². The number of quaternary nitrogens is 1. The van der Waals surface area contributed by atoms with Crippen molar-refractivity contribution in [2.75, 3.05) is 13.7 Å². The molecule has 1 aromatic carbocycles. The van der Waals surface area contributed by atoms with Crippen molar-refractivity contribution in [3.63, 3.8) is 0 Å². The van der Waals surface area contributed by atoms with E-state index in [-0.39, 0.29) is 34.5 Å². The number of phenolic OH excluding ortho intramolecular Hbond substituents is 1. The zero-order valence-electron chi connectivity index (χ0n) is 14.1. The number of thioether (sulfide) groups is 1. The van der Waals surface area contributed by atoms with Gasteiger partial charge in [-0.2, -0.15) is 0 Å². The van der Waals surface area contributed by atoms with E-state index in [0.717, 1.165) is 45.7 Å². The minimum absolute atomic E-state index is 0.0214. The fourth-order valence-electron chi connectivity index (χ4n) is 6.15. The number of aliphatic imine (C=N–C) groups is 1. The molecule has 5 atom stereocenters. The Hall–Kier alpha value is -1.96. The molecular weight excluding hydrogens is 350 g/mol. The molecule has 1 saturated heterocycles. The average molecular weight is 366 g/mol. The largest absolute Gasteiger partial charge is 0.504 e. The topological polar surface area (TPSA) is 75.7 Å². The van der Waals surface area contributed by atoms with E-state index in [4.69, 9.17) is 9.73 Å². The predicted octanol–water partition coefficient (Wildman–Crippen LogP) is -0.623. The summed E-state index contributed by atoms with van der Waals surface area (Å²) in [7, 11) is 1.72. The van der Waals surface area contributed by atoms with Crippen LogP contribution in [0.15, 0.2) is 21.0 Å². The number of ether oxygens (including phenoxy) is 1. The molecule has 3 bridgehead atoms. The molecule has 2 N–H and O–H groups in total. The summed E-state index contributed by atoms with van der Waals surface area (Å²) in [5.74, 6) is 0.353. The number of methoxy groups -OCH3 is 1. The molecule has 0 aromatic heterocycles. The highest BCUT2D eigenvalue weighted by Gasteiger charge is 2.67. The Kier molecular flexibility index (Phi) is 2.25. The van der Waals surface area contributed by atoms with Gasteiger partial charge in [0.1, 0.15) is 28.2 Å². The summed E-state index contributed by atoms with van der Waals surface area (Å²) in [5.41, 5.74) is 3.70. The summed E-state index contributed by atoms with van der Waals surface area (Å²) in [6.07, 6.45) is 5.21. The van der Waals surface area contributed by atoms with Crippen molar-refractivity contribution in [2.24, 2.45) is 9.98 Å². The maximum Gasteiger partial charge on any atom is 0.216 e. The highest BCUT2D eigenvalue weighted by Crippen LogP contribution is 2.60. The van der Waals surface area contributed by atoms with Crippen molar-refractivity contribution in [2.45, 2.75) is 35.8 Å². The molecule has 6 aliphatic rings. The highest BCUT2D eigenvalue weighted by molar-refractivity contribution is 8.04. The average Bonchev–Trinajstić information content (AvgIpc) is 3.18. The van der Waals surface area contributed by atoms with Crippen LogP contribution in [-0.4, -0.2) is 48.3 Å². The molecule has 1 spiro atoms. The maximum atomic E-state index is 13.1. The summed E-state index contributed by atoms with van der Waals surface area (Å²) in [6, 6.07) is -0.225. The number of nitrogens with one attached hydrogen (secondary N) is 1. The molecule has 6 nitrogen and oxygen atoms in total. The van der Waals surface area contributed by atoms with Crippen molar-refractivity contribution in [3.8, 4) is 5.75 Å². The van der Waals surface area contributed by atoms with Gasteiger partial charge in [-0.1, -0.05) is 0 Å². The van der Waals surface area contributed by atoms with Crippen LogP contribution in [0.25, 0.3) is 5.57 Å². The Morgan fingerprint density at radius 1 is 1.46 bits per heavy atom. The summed E-state index contributed by atoms with van der Waals surface area (Å²) in [5, 5.41) is 12.8. The number of ketones is 1. The lowest BCUT2D eigenvalue weighted by Crippen LogP contribution is -3.17. The van der Waals surface area contributed by atoms with Gasteiger partial charge in [0.15, 0.2) is 11.8 Å². The third-order valence-electron chi connectivity index (χ3n) is 6.99. The number of aromatic hydroxyl groups is 1. The van der Waals surface area contributed by atoms with E-state index in [9.17, 15) is 9.90 Å². The Labute approximate surface area is 153 Å². The van der Waals surface area contributed by atoms with E-state index in [0.29, 0.717) is 11.0 Å². The SMILES string of the molecule is COC1C2C(=O)C=C3SC4CC31c1c3c5c(c(O)c1=N4)N=CC=5CC[NH+]32. The van der Waals surface area contributed by atoms with Crippen LogP contribution in [0.2, 0.25) is 0 Å². The molecule has 1 aliphatic carbocycles. The number of carbonyl (C=O) groups excluding carboxylic acids is 1. The molecule has 130 valence electrons. The molecule has 7 rings (SSSR count). The lowest BCUT2D eigenvalue weighted by atomic mass is 9.61. The summed E-state index contributed by atoms with van der Waals surface area (Å²) in [6.45, 7) is 0.844. The van der Waals surface area contributed by atoms with Gasteiger partial charge in [0.25, 0.3) is 0 Å². The molecule has 0 radical (unpaired) electrons. The van der Waals surface area contributed by atoms with Gasteiger partial charge in [0.2, 0.25) is 5.78 Å². The molecule has 5 aliphatic heterocycles. The number of hydrogen-bond acceptors (Lipinski definition) is 6. The van der Waals surface area contributed by atoms with Crippen LogP contribution in [0, 0.1) is 0 Å². The minimum atomic E-state index is -0.351. The number of carbonyl (C=O) groups is 1.